The molecule has 0 bridgehead atoms. The van der Waals surface area contributed by atoms with Gasteiger partial charge in [-0.05, 0) is 28.4 Å². The van der Waals surface area contributed by atoms with E-state index >= 15 is 0 Å². The van der Waals surface area contributed by atoms with Crippen molar-refractivity contribution in [2.24, 2.45) is 0 Å². The molecule has 0 saturated heterocycles. The molecule has 0 aliphatic heterocycles. The van der Waals surface area contributed by atoms with Gasteiger partial charge in [-0.1, -0.05) is 0 Å². The van der Waals surface area contributed by atoms with Crippen molar-refractivity contribution in [2.45, 2.75) is 17.7 Å². The van der Waals surface area contributed by atoms with Crippen LogP contribution in [0.2, 0.25) is 0 Å². The zero-order chi connectivity index (χ0) is 16.8. The molecule has 0 radical (unpaired) electrons. The molecule has 22 heavy (non-hydrogen) atoms. The van der Waals surface area contributed by atoms with Crippen LogP contribution >= 0.6 is 15.9 Å². The van der Waals surface area contributed by atoms with Gasteiger partial charge in [-0.25, -0.2) is 13.1 Å². The predicted octanol–water partition coefficient (Wildman–Crippen LogP) is 1.27. The van der Waals surface area contributed by atoms with Gasteiger partial charge in [-0.15, -0.1) is 0 Å². The van der Waals surface area contributed by atoms with Gasteiger partial charge in [0.15, 0.2) is 11.5 Å². The number of ether oxygens (including phenoxy) is 2. The van der Waals surface area contributed by atoms with Gasteiger partial charge in [0, 0.05) is 30.6 Å². The van der Waals surface area contributed by atoms with E-state index in [4.69, 9.17) is 9.47 Å². The van der Waals surface area contributed by atoms with Crippen LogP contribution in [-0.2, 0) is 14.8 Å². The fourth-order valence-electron chi connectivity index (χ4n) is 1.70. The summed E-state index contributed by atoms with van der Waals surface area (Å²) in [5, 5.41) is 2.48. The van der Waals surface area contributed by atoms with Crippen LogP contribution in [0, 0.1) is 0 Å². The van der Waals surface area contributed by atoms with Crippen LogP contribution in [0.3, 0.4) is 0 Å². The summed E-state index contributed by atoms with van der Waals surface area (Å²) in [7, 11) is 0.715. The second-order valence-electron chi connectivity index (χ2n) is 4.31. The van der Waals surface area contributed by atoms with E-state index in [1.165, 1.54) is 33.4 Å². The normalized spacial score (nSPS) is 11.1. The third-order valence-electron chi connectivity index (χ3n) is 2.88. The van der Waals surface area contributed by atoms with Gasteiger partial charge >= 0.3 is 0 Å². The van der Waals surface area contributed by atoms with Crippen molar-refractivity contribution in [1.82, 2.24) is 10.0 Å². The smallest absolute Gasteiger partial charge is 0.241 e. The summed E-state index contributed by atoms with van der Waals surface area (Å²) in [6.45, 7) is 0.163. The van der Waals surface area contributed by atoms with Gasteiger partial charge in [0.2, 0.25) is 15.9 Å². The Morgan fingerprint density at radius 2 is 1.82 bits per heavy atom. The van der Waals surface area contributed by atoms with E-state index in [0.717, 1.165) is 0 Å². The molecule has 9 heteroatoms. The molecule has 1 aromatic carbocycles. The molecule has 0 saturated carbocycles. The van der Waals surface area contributed by atoms with E-state index in [2.05, 4.69) is 26.0 Å². The molecular weight excluding hydrogens is 376 g/mol. The number of sulfonamides is 1. The van der Waals surface area contributed by atoms with Crippen LogP contribution in [0.25, 0.3) is 0 Å². The standard InChI is InChI=1S/C13H19BrN2O5S/c1-15-13(17)5-4-6-16-22(18,19)12-8-11(21-3)10(20-2)7-9(12)14/h7-8,16H,4-6H2,1-3H3,(H,15,17). The molecule has 0 spiro atoms. The average molecular weight is 395 g/mol. The predicted molar refractivity (Wildman–Crippen MR) is 85.7 cm³/mol. The highest BCUT2D eigenvalue weighted by Crippen LogP contribution is 2.35. The quantitative estimate of drug-likeness (QED) is 0.647. The maximum atomic E-state index is 12.3. The van der Waals surface area contributed by atoms with Crippen LogP contribution < -0.4 is 19.5 Å². The molecule has 0 atom stereocenters. The number of hydrogen-bond acceptors (Lipinski definition) is 5. The lowest BCUT2D eigenvalue weighted by molar-refractivity contribution is -0.120. The Kier molecular flexibility index (Phi) is 7.11. The zero-order valence-electron chi connectivity index (χ0n) is 12.6. The van der Waals surface area contributed by atoms with E-state index < -0.39 is 10.0 Å². The van der Waals surface area contributed by atoms with Crippen LogP contribution in [0.15, 0.2) is 21.5 Å². The zero-order valence-corrected chi connectivity index (χ0v) is 15.0. The number of hydrogen-bond donors (Lipinski definition) is 2. The second kappa shape index (κ2) is 8.35. The fraction of sp³-hybridized carbons (Fsp3) is 0.462. The van der Waals surface area contributed by atoms with Gasteiger partial charge in [0.1, 0.15) is 4.90 Å². The highest BCUT2D eigenvalue weighted by molar-refractivity contribution is 9.10. The third kappa shape index (κ3) is 4.85. The van der Waals surface area contributed by atoms with Crippen LogP contribution in [-0.4, -0.2) is 42.1 Å². The largest absolute Gasteiger partial charge is 0.493 e. The molecule has 0 heterocycles. The first-order valence-electron chi connectivity index (χ1n) is 6.47. The lowest BCUT2D eigenvalue weighted by Crippen LogP contribution is -2.26. The monoisotopic (exact) mass is 394 g/mol. The third-order valence-corrected chi connectivity index (χ3v) is 5.30. The lowest BCUT2D eigenvalue weighted by Gasteiger charge is -2.13. The van der Waals surface area contributed by atoms with Crippen molar-refractivity contribution in [3.63, 3.8) is 0 Å². The SMILES string of the molecule is CNC(=O)CCCNS(=O)(=O)c1cc(OC)c(OC)cc1Br. The molecule has 1 aromatic rings. The van der Waals surface area contributed by atoms with Gasteiger partial charge < -0.3 is 14.8 Å². The summed E-state index contributed by atoms with van der Waals surface area (Å²) in [4.78, 5) is 11.1. The second-order valence-corrected chi connectivity index (χ2v) is 6.90. The van der Waals surface area contributed by atoms with Crippen molar-refractivity contribution in [2.75, 3.05) is 27.8 Å². The minimum absolute atomic E-state index is 0.0464. The summed E-state index contributed by atoms with van der Waals surface area (Å²) >= 11 is 3.21. The summed E-state index contributed by atoms with van der Waals surface area (Å²) in [6.07, 6.45) is 0.663. The average Bonchev–Trinajstić information content (AvgIpc) is 2.50. The van der Waals surface area contributed by atoms with Crippen LogP contribution in [0.1, 0.15) is 12.8 Å². The molecule has 0 unspecified atom stereocenters. The Labute approximate surface area is 138 Å². The Morgan fingerprint density at radius 1 is 1.23 bits per heavy atom. The number of rotatable bonds is 8. The van der Waals surface area contributed by atoms with Gasteiger partial charge in [-0.2, -0.15) is 0 Å². The van der Waals surface area contributed by atoms with E-state index in [0.29, 0.717) is 22.4 Å². The van der Waals surface area contributed by atoms with Crippen LogP contribution in [0.4, 0.5) is 0 Å². The van der Waals surface area contributed by atoms with Crippen molar-refractivity contribution >= 4 is 31.9 Å². The molecule has 0 aromatic heterocycles. The molecule has 0 aliphatic carbocycles. The summed E-state index contributed by atoms with van der Waals surface area (Å²) in [5.74, 6) is 0.607. The minimum atomic E-state index is -3.72. The topological polar surface area (TPSA) is 93.7 Å². The maximum Gasteiger partial charge on any atom is 0.241 e. The van der Waals surface area contributed by atoms with E-state index in [-0.39, 0.29) is 23.8 Å². The summed E-state index contributed by atoms with van der Waals surface area (Å²) in [6, 6.07) is 2.90. The molecule has 0 fully saturated rings. The first-order valence-corrected chi connectivity index (χ1v) is 8.75. The molecule has 2 N–H and O–H groups in total. The van der Waals surface area contributed by atoms with E-state index in [1.54, 1.807) is 0 Å². The number of methoxy groups -OCH3 is 2. The highest BCUT2D eigenvalue weighted by Gasteiger charge is 2.20. The molecule has 0 aliphatic rings. The molecule has 124 valence electrons. The Hall–Kier alpha value is -1.32. The van der Waals surface area contributed by atoms with Crippen molar-refractivity contribution in [3.05, 3.63) is 16.6 Å². The summed E-state index contributed by atoms with van der Waals surface area (Å²) < 4.78 is 37.6. The highest BCUT2D eigenvalue weighted by atomic mass is 79.9. The van der Waals surface area contributed by atoms with Gasteiger partial charge in [0.05, 0.1) is 14.2 Å². The van der Waals surface area contributed by atoms with Gasteiger partial charge in [0.25, 0.3) is 0 Å². The molecule has 1 rings (SSSR count). The molecule has 1 amide bonds. The van der Waals surface area contributed by atoms with Crippen molar-refractivity contribution in [3.8, 4) is 11.5 Å². The first kappa shape index (κ1) is 18.7. The van der Waals surface area contributed by atoms with E-state index in [9.17, 15) is 13.2 Å². The molecule has 7 nitrogen and oxygen atoms in total. The Morgan fingerprint density at radius 3 is 2.36 bits per heavy atom. The van der Waals surface area contributed by atoms with Crippen LogP contribution in [0.5, 0.6) is 11.5 Å². The number of nitrogens with one attached hydrogen (secondary N) is 2. The lowest BCUT2D eigenvalue weighted by atomic mass is 10.3. The summed E-state index contributed by atoms with van der Waals surface area (Å²) in [5.41, 5.74) is 0. The minimum Gasteiger partial charge on any atom is -0.493 e. The molecular formula is C13H19BrN2O5S. The van der Waals surface area contributed by atoms with Crippen molar-refractivity contribution in [1.29, 1.82) is 0 Å². The number of carbonyl (C=O) groups excluding carboxylic acids is 1. The maximum absolute atomic E-state index is 12.3. The van der Waals surface area contributed by atoms with Crippen molar-refractivity contribution < 1.29 is 22.7 Å². The number of halogens is 1. The number of carbonyl (C=O) groups is 1. The van der Waals surface area contributed by atoms with E-state index in [1.807, 2.05) is 0 Å². The Balaban J connectivity index is 2.86. The van der Waals surface area contributed by atoms with Gasteiger partial charge in [-0.3, -0.25) is 4.79 Å². The Bertz CT molecular complexity index is 634. The number of amides is 1. The first-order chi connectivity index (χ1) is 10.4. The fourth-order valence-corrected chi connectivity index (χ4v) is 3.81. The number of benzene rings is 1.